The second-order valence-corrected chi connectivity index (χ2v) is 4.82. The first-order valence-corrected chi connectivity index (χ1v) is 5.91. The van der Waals surface area contributed by atoms with Gasteiger partial charge in [0.2, 0.25) is 0 Å². The molecule has 2 atom stereocenters. The monoisotopic (exact) mass is 226 g/mol. The summed E-state index contributed by atoms with van der Waals surface area (Å²) in [5.74, 6) is -0.866. The maximum Gasteiger partial charge on any atom is 0.307 e. The molecule has 82 valence electrons. The number of carboxylic acid groups (broad SMARTS) is 1. The third-order valence-corrected chi connectivity index (χ3v) is 3.93. The van der Waals surface area contributed by atoms with Gasteiger partial charge in [0.05, 0.1) is 11.4 Å². The van der Waals surface area contributed by atoms with Crippen LogP contribution in [-0.2, 0) is 4.79 Å². The van der Waals surface area contributed by atoms with E-state index in [1.165, 1.54) is 4.88 Å². The van der Waals surface area contributed by atoms with Gasteiger partial charge in [0.25, 0.3) is 0 Å². The average Bonchev–Trinajstić information content (AvgIpc) is 2.88. The molecule has 2 rings (SSSR count). The Balaban J connectivity index is 1.99. The van der Waals surface area contributed by atoms with Gasteiger partial charge in [-0.1, -0.05) is 0 Å². The molecule has 5 heteroatoms. The van der Waals surface area contributed by atoms with E-state index in [0.29, 0.717) is 12.6 Å². The molecule has 0 bridgehead atoms. The minimum atomic E-state index is -0.672. The zero-order valence-electron chi connectivity index (χ0n) is 8.59. The van der Waals surface area contributed by atoms with E-state index in [1.807, 2.05) is 11.7 Å². The fraction of sp³-hybridized carbons (Fsp3) is 0.600. The van der Waals surface area contributed by atoms with Crippen LogP contribution in [-0.4, -0.2) is 34.0 Å². The van der Waals surface area contributed by atoms with Crippen LogP contribution in [0.2, 0.25) is 0 Å². The zero-order chi connectivity index (χ0) is 10.8. The molecule has 15 heavy (non-hydrogen) atoms. The lowest BCUT2D eigenvalue weighted by molar-refractivity contribution is -0.141. The van der Waals surface area contributed by atoms with Crippen molar-refractivity contribution in [1.29, 1.82) is 0 Å². The van der Waals surface area contributed by atoms with Gasteiger partial charge in [0, 0.05) is 23.7 Å². The van der Waals surface area contributed by atoms with Gasteiger partial charge in [-0.2, -0.15) is 0 Å². The van der Waals surface area contributed by atoms with Crippen molar-refractivity contribution in [3.05, 3.63) is 16.6 Å². The van der Waals surface area contributed by atoms with Crippen molar-refractivity contribution in [3.63, 3.8) is 0 Å². The van der Waals surface area contributed by atoms with Gasteiger partial charge >= 0.3 is 5.97 Å². The molecule has 0 amide bonds. The molecule has 1 aromatic heterocycles. The van der Waals surface area contributed by atoms with Gasteiger partial charge in [-0.05, 0) is 19.9 Å². The van der Waals surface area contributed by atoms with Gasteiger partial charge in [0.1, 0.15) is 0 Å². The zero-order valence-corrected chi connectivity index (χ0v) is 9.41. The Bertz CT molecular complexity index is 339. The molecule has 2 unspecified atom stereocenters. The quantitative estimate of drug-likeness (QED) is 0.850. The molecule has 2 heterocycles. The number of hydrogen-bond acceptors (Lipinski definition) is 4. The highest BCUT2D eigenvalue weighted by atomic mass is 32.1. The molecule has 1 aromatic rings. The van der Waals surface area contributed by atoms with Crippen molar-refractivity contribution in [3.8, 4) is 0 Å². The topological polar surface area (TPSA) is 53.4 Å². The third kappa shape index (κ3) is 2.18. The van der Waals surface area contributed by atoms with Crippen molar-refractivity contribution < 1.29 is 9.90 Å². The lowest BCUT2D eigenvalue weighted by Crippen LogP contribution is -2.25. The number of thiazole rings is 1. The number of carbonyl (C=O) groups is 1. The molecular weight excluding hydrogens is 212 g/mol. The van der Waals surface area contributed by atoms with E-state index in [0.717, 1.165) is 13.0 Å². The summed E-state index contributed by atoms with van der Waals surface area (Å²) in [7, 11) is 0. The van der Waals surface area contributed by atoms with Crippen molar-refractivity contribution in [2.24, 2.45) is 5.92 Å². The predicted molar refractivity (Wildman–Crippen MR) is 57.8 cm³/mol. The van der Waals surface area contributed by atoms with Crippen LogP contribution in [0.25, 0.3) is 0 Å². The summed E-state index contributed by atoms with van der Waals surface area (Å²) in [5, 5.41) is 8.91. The summed E-state index contributed by atoms with van der Waals surface area (Å²) >= 11 is 1.63. The first-order valence-electron chi connectivity index (χ1n) is 5.03. The average molecular weight is 226 g/mol. The summed E-state index contributed by atoms with van der Waals surface area (Å²) < 4.78 is 0. The van der Waals surface area contributed by atoms with Gasteiger partial charge in [0.15, 0.2) is 0 Å². The molecule has 1 fully saturated rings. The number of likely N-dealkylation sites (tertiary alicyclic amines) is 1. The first-order chi connectivity index (χ1) is 7.18. The molecule has 1 aliphatic heterocycles. The van der Waals surface area contributed by atoms with E-state index in [-0.39, 0.29) is 5.92 Å². The van der Waals surface area contributed by atoms with Crippen molar-refractivity contribution in [1.82, 2.24) is 9.88 Å². The highest BCUT2D eigenvalue weighted by molar-refractivity contribution is 7.09. The van der Waals surface area contributed by atoms with Crippen molar-refractivity contribution >= 4 is 17.3 Å². The second kappa shape index (κ2) is 4.28. The van der Waals surface area contributed by atoms with Crippen LogP contribution in [0.3, 0.4) is 0 Å². The number of rotatable bonds is 3. The molecule has 0 spiro atoms. The van der Waals surface area contributed by atoms with E-state index in [2.05, 4.69) is 16.8 Å². The first kappa shape index (κ1) is 10.6. The Morgan fingerprint density at radius 1 is 1.80 bits per heavy atom. The molecule has 4 nitrogen and oxygen atoms in total. The fourth-order valence-corrected chi connectivity index (χ4v) is 2.66. The van der Waals surface area contributed by atoms with Crippen LogP contribution in [0.5, 0.6) is 0 Å². The Hall–Kier alpha value is -0.940. The molecule has 1 aliphatic rings. The number of hydrogen-bond donors (Lipinski definition) is 1. The summed E-state index contributed by atoms with van der Waals surface area (Å²) in [5.41, 5.74) is 1.82. The summed E-state index contributed by atoms with van der Waals surface area (Å²) in [4.78, 5) is 18.3. The molecular formula is C10H14N2O2S. The van der Waals surface area contributed by atoms with Crippen LogP contribution in [0, 0.1) is 5.92 Å². The SMILES string of the molecule is CC(c1cncs1)N1CCC(C(=O)O)C1. The Kier molecular flexibility index (Phi) is 3.02. The van der Waals surface area contributed by atoms with Crippen molar-refractivity contribution in [2.45, 2.75) is 19.4 Å². The number of aromatic nitrogens is 1. The summed E-state index contributed by atoms with van der Waals surface area (Å²) in [6.07, 6.45) is 2.63. The second-order valence-electron chi connectivity index (χ2n) is 3.90. The van der Waals surface area contributed by atoms with E-state index < -0.39 is 5.97 Å². The summed E-state index contributed by atoms with van der Waals surface area (Å²) in [6.45, 7) is 3.64. The Labute approximate surface area is 92.6 Å². The van der Waals surface area contributed by atoms with Gasteiger partial charge in [-0.15, -0.1) is 11.3 Å². The number of aliphatic carboxylic acids is 1. The largest absolute Gasteiger partial charge is 0.481 e. The van der Waals surface area contributed by atoms with Crippen LogP contribution in [0.4, 0.5) is 0 Å². The minimum Gasteiger partial charge on any atom is -0.481 e. The van der Waals surface area contributed by atoms with Gasteiger partial charge < -0.3 is 5.11 Å². The predicted octanol–water partition coefficient (Wildman–Crippen LogP) is 1.61. The summed E-state index contributed by atoms with van der Waals surface area (Å²) in [6, 6.07) is 0.293. The van der Waals surface area contributed by atoms with E-state index in [9.17, 15) is 4.79 Å². The third-order valence-electron chi connectivity index (χ3n) is 2.98. The van der Waals surface area contributed by atoms with Crippen molar-refractivity contribution in [2.75, 3.05) is 13.1 Å². The van der Waals surface area contributed by atoms with Gasteiger partial charge in [-0.25, -0.2) is 0 Å². The molecule has 1 saturated heterocycles. The standard InChI is InChI=1S/C10H14N2O2S/c1-7(9-4-11-6-15-9)12-3-2-8(5-12)10(13)14/h4,6-8H,2-3,5H2,1H3,(H,13,14). The van der Waals surface area contributed by atoms with Crippen LogP contribution < -0.4 is 0 Å². The maximum absolute atomic E-state index is 10.8. The van der Waals surface area contributed by atoms with Crippen LogP contribution in [0.1, 0.15) is 24.3 Å². The smallest absolute Gasteiger partial charge is 0.307 e. The molecule has 0 radical (unpaired) electrons. The molecule has 0 aliphatic carbocycles. The fourth-order valence-electron chi connectivity index (χ4n) is 1.95. The van der Waals surface area contributed by atoms with Crippen LogP contribution >= 0.6 is 11.3 Å². The van der Waals surface area contributed by atoms with E-state index in [4.69, 9.17) is 5.11 Å². The lowest BCUT2D eigenvalue weighted by atomic mass is 10.1. The highest BCUT2D eigenvalue weighted by Gasteiger charge is 2.31. The lowest BCUT2D eigenvalue weighted by Gasteiger charge is -2.22. The van der Waals surface area contributed by atoms with E-state index >= 15 is 0 Å². The minimum absolute atomic E-state index is 0.194. The Morgan fingerprint density at radius 3 is 3.13 bits per heavy atom. The molecule has 0 aromatic carbocycles. The normalized spacial score (nSPS) is 24.2. The number of carboxylic acids is 1. The Morgan fingerprint density at radius 2 is 2.60 bits per heavy atom. The highest BCUT2D eigenvalue weighted by Crippen LogP contribution is 2.29. The van der Waals surface area contributed by atoms with Gasteiger partial charge in [-0.3, -0.25) is 14.7 Å². The van der Waals surface area contributed by atoms with E-state index in [1.54, 1.807) is 11.3 Å². The molecule has 1 N–H and O–H groups in total. The number of nitrogens with zero attached hydrogens (tertiary/aromatic N) is 2. The maximum atomic E-state index is 10.8. The van der Waals surface area contributed by atoms with Crippen LogP contribution in [0.15, 0.2) is 11.7 Å². The molecule has 0 saturated carbocycles.